The molecule has 1 aliphatic heterocycles. The third kappa shape index (κ3) is 5.39. The zero-order valence-corrected chi connectivity index (χ0v) is 20.0. The highest BCUT2D eigenvalue weighted by Crippen LogP contribution is 2.40. The van der Waals surface area contributed by atoms with Crippen molar-refractivity contribution in [3.05, 3.63) is 66.4 Å². The van der Waals surface area contributed by atoms with E-state index in [9.17, 15) is 4.79 Å². The van der Waals surface area contributed by atoms with Gasteiger partial charge in [-0.3, -0.25) is 0 Å². The SMILES string of the molecule is Cc1cccc(NC(=O)Nc2cccc(-c3sc(N4CCOCC4)nc3-c3ccnc(N)n3)c2)c1. The zero-order valence-electron chi connectivity index (χ0n) is 19.2. The van der Waals surface area contributed by atoms with Crippen LogP contribution in [0, 0.1) is 6.92 Å². The fraction of sp³-hybridized carbons (Fsp3) is 0.200. The molecule has 0 aliphatic carbocycles. The third-order valence-electron chi connectivity index (χ3n) is 5.47. The second-order valence-electron chi connectivity index (χ2n) is 8.10. The normalized spacial score (nSPS) is 13.5. The predicted molar refractivity (Wildman–Crippen MR) is 140 cm³/mol. The molecular formula is C25H25N7O2S. The van der Waals surface area contributed by atoms with Gasteiger partial charge in [-0.15, -0.1) is 0 Å². The first-order valence-corrected chi connectivity index (χ1v) is 12.0. The van der Waals surface area contributed by atoms with Crippen LogP contribution in [0.15, 0.2) is 60.8 Å². The summed E-state index contributed by atoms with van der Waals surface area (Å²) < 4.78 is 5.50. The lowest BCUT2D eigenvalue weighted by molar-refractivity contribution is 0.122. The highest BCUT2D eigenvalue weighted by molar-refractivity contribution is 7.19. The van der Waals surface area contributed by atoms with Gasteiger partial charge in [0.05, 0.1) is 23.8 Å². The Bertz CT molecular complexity index is 1350. The van der Waals surface area contributed by atoms with Crippen molar-refractivity contribution < 1.29 is 9.53 Å². The minimum atomic E-state index is -0.310. The summed E-state index contributed by atoms with van der Waals surface area (Å²) in [4.78, 5) is 29.1. The quantitative estimate of drug-likeness (QED) is 0.375. The van der Waals surface area contributed by atoms with Gasteiger partial charge in [-0.25, -0.2) is 19.7 Å². The Kier molecular flexibility index (Phi) is 6.55. The van der Waals surface area contributed by atoms with E-state index in [-0.39, 0.29) is 12.0 Å². The van der Waals surface area contributed by atoms with Crippen LogP contribution in [-0.2, 0) is 4.74 Å². The largest absolute Gasteiger partial charge is 0.378 e. The summed E-state index contributed by atoms with van der Waals surface area (Å²) in [6.45, 7) is 4.87. The van der Waals surface area contributed by atoms with Crippen LogP contribution in [0.5, 0.6) is 0 Å². The molecule has 4 aromatic rings. The third-order valence-corrected chi connectivity index (χ3v) is 6.64. The van der Waals surface area contributed by atoms with Crippen molar-refractivity contribution in [2.75, 3.05) is 47.6 Å². The molecular weight excluding hydrogens is 462 g/mol. The number of anilines is 4. The van der Waals surface area contributed by atoms with E-state index in [0.29, 0.717) is 24.6 Å². The van der Waals surface area contributed by atoms with Gasteiger partial charge in [0.25, 0.3) is 0 Å². The molecule has 0 spiro atoms. The maximum atomic E-state index is 12.6. The molecule has 3 heterocycles. The standard InChI is InChI=1S/C25H25N7O2S/c1-16-4-2-6-18(14-16)28-24(33)29-19-7-3-5-17(15-19)22-21(20-8-9-27-23(26)30-20)31-25(35-22)32-10-12-34-13-11-32/h2-9,14-15H,10-13H2,1H3,(H2,26,27,30)(H2,28,29,33). The molecule has 5 rings (SSSR count). The number of ether oxygens (including phenoxy) is 1. The van der Waals surface area contributed by atoms with Gasteiger partial charge in [0.2, 0.25) is 5.95 Å². The van der Waals surface area contributed by atoms with Crippen LogP contribution >= 0.6 is 11.3 Å². The fourth-order valence-electron chi connectivity index (χ4n) is 3.83. The summed E-state index contributed by atoms with van der Waals surface area (Å²) in [6.07, 6.45) is 1.63. The Morgan fingerprint density at radius 1 is 1.03 bits per heavy atom. The maximum Gasteiger partial charge on any atom is 0.323 e. The van der Waals surface area contributed by atoms with Crippen LogP contribution in [-0.4, -0.2) is 47.3 Å². The molecule has 0 unspecified atom stereocenters. The number of hydrogen-bond donors (Lipinski definition) is 3. The van der Waals surface area contributed by atoms with E-state index in [0.717, 1.165) is 45.6 Å². The summed E-state index contributed by atoms with van der Waals surface area (Å²) >= 11 is 1.58. The second-order valence-corrected chi connectivity index (χ2v) is 9.08. The van der Waals surface area contributed by atoms with Crippen molar-refractivity contribution in [3.8, 4) is 21.8 Å². The molecule has 2 amide bonds. The van der Waals surface area contributed by atoms with Gasteiger partial charge < -0.3 is 26.0 Å². The van der Waals surface area contributed by atoms with Gasteiger partial charge >= 0.3 is 6.03 Å². The second kappa shape index (κ2) is 10.1. The number of aromatic nitrogens is 3. The molecule has 1 fully saturated rings. The van der Waals surface area contributed by atoms with E-state index in [1.807, 2.05) is 55.5 Å². The minimum absolute atomic E-state index is 0.192. The van der Waals surface area contributed by atoms with Crippen LogP contribution in [0.2, 0.25) is 0 Å². The predicted octanol–water partition coefficient (Wildman–Crippen LogP) is 4.64. The lowest BCUT2D eigenvalue weighted by atomic mass is 10.1. The van der Waals surface area contributed by atoms with Crippen molar-refractivity contribution in [1.29, 1.82) is 0 Å². The summed E-state index contributed by atoms with van der Waals surface area (Å²) in [5, 5.41) is 6.69. The van der Waals surface area contributed by atoms with Crippen molar-refractivity contribution in [1.82, 2.24) is 15.0 Å². The van der Waals surface area contributed by atoms with Gasteiger partial charge in [-0.1, -0.05) is 35.6 Å². The van der Waals surface area contributed by atoms with Crippen molar-refractivity contribution >= 4 is 39.8 Å². The Morgan fingerprint density at radius 3 is 2.51 bits per heavy atom. The van der Waals surface area contributed by atoms with E-state index in [4.69, 9.17) is 15.5 Å². The molecule has 2 aromatic heterocycles. The number of benzene rings is 2. The highest BCUT2D eigenvalue weighted by atomic mass is 32.1. The van der Waals surface area contributed by atoms with Gasteiger partial charge in [0, 0.05) is 30.7 Å². The maximum absolute atomic E-state index is 12.6. The number of nitrogens with one attached hydrogen (secondary N) is 2. The van der Waals surface area contributed by atoms with Crippen molar-refractivity contribution in [2.45, 2.75) is 6.92 Å². The number of urea groups is 1. The number of hydrogen-bond acceptors (Lipinski definition) is 8. The molecule has 35 heavy (non-hydrogen) atoms. The fourth-order valence-corrected chi connectivity index (χ4v) is 4.95. The van der Waals surface area contributed by atoms with E-state index in [1.165, 1.54) is 0 Å². The number of thiazole rings is 1. The van der Waals surface area contributed by atoms with Crippen LogP contribution in [0.3, 0.4) is 0 Å². The molecule has 0 radical (unpaired) electrons. The Hall–Kier alpha value is -4.02. The number of nitrogens with two attached hydrogens (primary N) is 1. The first-order chi connectivity index (χ1) is 17.0. The molecule has 1 saturated heterocycles. The van der Waals surface area contributed by atoms with Crippen molar-refractivity contribution in [2.24, 2.45) is 0 Å². The summed E-state index contributed by atoms with van der Waals surface area (Å²) in [5.41, 5.74) is 10.6. The van der Waals surface area contributed by atoms with E-state index >= 15 is 0 Å². The molecule has 9 nitrogen and oxygen atoms in total. The lowest BCUT2D eigenvalue weighted by Crippen LogP contribution is -2.36. The van der Waals surface area contributed by atoms with Gasteiger partial charge in [-0.05, 0) is 48.4 Å². The van der Waals surface area contributed by atoms with Gasteiger partial charge in [0.15, 0.2) is 5.13 Å². The summed E-state index contributed by atoms with van der Waals surface area (Å²) in [5.74, 6) is 0.192. The number of amides is 2. The smallest absolute Gasteiger partial charge is 0.323 e. The number of carbonyl (C=O) groups is 1. The van der Waals surface area contributed by atoms with E-state index in [1.54, 1.807) is 23.6 Å². The van der Waals surface area contributed by atoms with E-state index < -0.39 is 0 Å². The number of carbonyl (C=O) groups excluding carboxylic acids is 1. The minimum Gasteiger partial charge on any atom is -0.378 e. The van der Waals surface area contributed by atoms with E-state index in [2.05, 4.69) is 25.5 Å². The molecule has 1 aliphatic rings. The van der Waals surface area contributed by atoms with Crippen molar-refractivity contribution in [3.63, 3.8) is 0 Å². The van der Waals surface area contributed by atoms with Crippen LogP contribution in [0.4, 0.5) is 27.2 Å². The number of rotatable bonds is 5. The van der Waals surface area contributed by atoms with Gasteiger partial charge in [0.1, 0.15) is 5.69 Å². The molecule has 0 saturated carbocycles. The number of nitrogen functional groups attached to an aromatic ring is 1. The number of nitrogens with zero attached hydrogens (tertiary/aromatic N) is 4. The number of aryl methyl sites for hydroxylation is 1. The molecule has 178 valence electrons. The van der Waals surface area contributed by atoms with Crippen LogP contribution < -0.4 is 21.3 Å². The topological polar surface area (TPSA) is 118 Å². The number of morpholine rings is 1. The first-order valence-electron chi connectivity index (χ1n) is 11.2. The lowest BCUT2D eigenvalue weighted by Gasteiger charge is -2.26. The monoisotopic (exact) mass is 487 g/mol. The van der Waals surface area contributed by atoms with Crippen LogP contribution in [0.25, 0.3) is 21.8 Å². The molecule has 0 bridgehead atoms. The summed E-state index contributed by atoms with van der Waals surface area (Å²) in [6, 6.07) is 16.8. The van der Waals surface area contributed by atoms with Gasteiger partial charge in [-0.2, -0.15) is 0 Å². The van der Waals surface area contributed by atoms with Crippen LogP contribution in [0.1, 0.15) is 5.56 Å². The Labute approximate surface area is 207 Å². The molecule has 10 heteroatoms. The molecule has 4 N–H and O–H groups in total. The highest BCUT2D eigenvalue weighted by Gasteiger charge is 2.21. The Balaban J connectivity index is 1.45. The molecule has 0 atom stereocenters. The average molecular weight is 488 g/mol. The Morgan fingerprint density at radius 2 is 1.77 bits per heavy atom. The average Bonchev–Trinajstić information content (AvgIpc) is 3.30. The summed E-state index contributed by atoms with van der Waals surface area (Å²) in [7, 11) is 0. The first kappa shape index (κ1) is 22.8. The molecule has 2 aromatic carbocycles. The zero-order chi connectivity index (χ0) is 24.2.